The van der Waals surface area contributed by atoms with E-state index in [1.165, 1.54) is 22.7 Å². The molecule has 0 aromatic carbocycles. The average molecular weight is 404 g/mol. The number of aromatic nitrogens is 3. The number of aryl methyl sites for hydroxylation is 1. The van der Waals surface area contributed by atoms with Gasteiger partial charge >= 0.3 is 0 Å². The van der Waals surface area contributed by atoms with Crippen molar-refractivity contribution in [3.05, 3.63) is 51.4 Å². The molecular weight excluding hydrogens is 390 g/mol. The van der Waals surface area contributed by atoms with Crippen LogP contribution in [0.4, 0.5) is 10.1 Å². The highest BCUT2D eigenvalue weighted by molar-refractivity contribution is 7.18. The first-order valence-electron chi connectivity index (χ1n) is 7.74. The maximum Gasteiger partial charge on any atom is 0.261 e. The number of nitrogens with one attached hydrogen (secondary N) is 2. The molecule has 0 bridgehead atoms. The Balaban J connectivity index is 1.64. The number of nitrogens with zero attached hydrogens (tertiary/aromatic N) is 3. The molecule has 4 rings (SSSR count). The lowest BCUT2D eigenvalue weighted by Crippen LogP contribution is -2.15. The minimum Gasteiger partial charge on any atom is -0.354 e. The van der Waals surface area contributed by atoms with Gasteiger partial charge in [0.15, 0.2) is 5.13 Å². The van der Waals surface area contributed by atoms with Gasteiger partial charge in [-0.05, 0) is 31.2 Å². The molecule has 2 N–H and O–H groups in total. The molecule has 4 heterocycles. The summed E-state index contributed by atoms with van der Waals surface area (Å²) in [4.78, 5) is 21.6. The van der Waals surface area contributed by atoms with E-state index >= 15 is 0 Å². The van der Waals surface area contributed by atoms with Crippen molar-refractivity contribution in [3.63, 3.8) is 0 Å². The van der Waals surface area contributed by atoms with Crippen molar-refractivity contribution in [1.82, 2.24) is 19.7 Å². The van der Waals surface area contributed by atoms with E-state index in [-0.39, 0.29) is 5.91 Å². The Morgan fingerprint density at radius 2 is 2.08 bits per heavy atom. The number of halogens is 1. The largest absolute Gasteiger partial charge is 0.354 e. The molecule has 1 amide bonds. The molecule has 0 spiro atoms. The maximum atomic E-state index is 11.7. The summed E-state index contributed by atoms with van der Waals surface area (Å²) in [6.07, 6.45) is 1.84. The molecule has 4 aromatic heterocycles. The van der Waals surface area contributed by atoms with Crippen LogP contribution in [-0.2, 0) is 0 Å². The molecule has 0 unspecified atom stereocenters. The lowest BCUT2D eigenvalue weighted by Gasteiger charge is -2.01. The average Bonchev–Trinajstić information content (AvgIpc) is 3.33. The summed E-state index contributed by atoms with van der Waals surface area (Å²) >= 11 is 9.01. The van der Waals surface area contributed by atoms with Crippen molar-refractivity contribution in [2.75, 3.05) is 12.4 Å². The van der Waals surface area contributed by atoms with Gasteiger partial charge in [0.25, 0.3) is 5.91 Å². The molecule has 0 aliphatic carbocycles. The van der Waals surface area contributed by atoms with Gasteiger partial charge in [-0.25, -0.2) is 9.97 Å². The molecule has 0 aliphatic rings. The molecule has 6 nitrogen and oxygen atoms in total. The van der Waals surface area contributed by atoms with Gasteiger partial charge in [0.1, 0.15) is 11.3 Å². The van der Waals surface area contributed by atoms with Crippen LogP contribution in [0.2, 0.25) is 5.02 Å². The number of anilines is 2. The molecule has 0 fully saturated rings. The number of carbonyl (C=O) groups is 1. The van der Waals surface area contributed by atoms with Gasteiger partial charge in [-0.1, -0.05) is 11.6 Å². The summed E-state index contributed by atoms with van der Waals surface area (Å²) < 4.78 is 1.95. The lowest BCUT2D eigenvalue weighted by atomic mass is 10.3. The lowest BCUT2D eigenvalue weighted by molar-refractivity contribution is 0.0967. The van der Waals surface area contributed by atoms with E-state index in [1.807, 2.05) is 41.1 Å². The SMILES string of the molecule is CNC(=O)c1ccc(Nc2nc(-c3c(C)nc4ccc(Cl)cn34)cs2)s1. The first kappa shape index (κ1) is 17.0. The Morgan fingerprint density at radius 1 is 1.23 bits per heavy atom. The molecular formula is C17H14ClN5OS2. The van der Waals surface area contributed by atoms with Crippen LogP contribution in [0, 0.1) is 6.92 Å². The molecule has 0 aliphatic heterocycles. The number of rotatable bonds is 4. The molecule has 0 saturated heterocycles. The summed E-state index contributed by atoms with van der Waals surface area (Å²) in [5, 5.41) is 10.1. The van der Waals surface area contributed by atoms with Crippen LogP contribution in [0.15, 0.2) is 35.8 Å². The van der Waals surface area contributed by atoms with E-state index in [9.17, 15) is 4.79 Å². The number of fused-ring (bicyclic) bond motifs is 1. The quantitative estimate of drug-likeness (QED) is 0.523. The number of carbonyl (C=O) groups excluding carboxylic acids is 1. The Morgan fingerprint density at radius 3 is 2.88 bits per heavy atom. The highest BCUT2D eigenvalue weighted by Crippen LogP contribution is 2.32. The minimum atomic E-state index is -0.0962. The van der Waals surface area contributed by atoms with Gasteiger partial charge < -0.3 is 10.6 Å². The molecule has 0 atom stereocenters. The number of pyridine rings is 1. The second kappa shape index (κ2) is 6.71. The van der Waals surface area contributed by atoms with E-state index in [0.717, 1.165) is 32.9 Å². The van der Waals surface area contributed by atoms with Crippen molar-refractivity contribution in [1.29, 1.82) is 0 Å². The van der Waals surface area contributed by atoms with E-state index in [2.05, 4.69) is 20.6 Å². The van der Waals surface area contributed by atoms with Crippen LogP contribution >= 0.6 is 34.3 Å². The van der Waals surface area contributed by atoms with E-state index < -0.39 is 0 Å². The highest BCUT2D eigenvalue weighted by Gasteiger charge is 2.15. The Bertz CT molecular complexity index is 1110. The molecule has 132 valence electrons. The standard InChI is InChI=1S/C17H14ClN5OS2/c1-9-15(23-7-10(18)3-5-13(23)20-9)11-8-25-17(21-11)22-14-6-4-12(26-14)16(24)19-2/h3-8H,1-2H3,(H,19,24)(H,21,22). The smallest absolute Gasteiger partial charge is 0.261 e. The Hall–Kier alpha value is -2.42. The summed E-state index contributed by atoms with van der Waals surface area (Å²) in [7, 11) is 1.62. The molecule has 0 radical (unpaired) electrons. The van der Waals surface area contributed by atoms with Crippen molar-refractivity contribution in [3.8, 4) is 11.4 Å². The fraction of sp³-hybridized carbons (Fsp3) is 0.118. The van der Waals surface area contributed by atoms with Crippen molar-refractivity contribution < 1.29 is 4.79 Å². The van der Waals surface area contributed by atoms with Gasteiger partial charge in [0.05, 0.1) is 26.3 Å². The van der Waals surface area contributed by atoms with E-state index in [4.69, 9.17) is 11.6 Å². The zero-order valence-corrected chi connectivity index (χ0v) is 16.3. The normalized spacial score (nSPS) is 11.0. The zero-order chi connectivity index (χ0) is 18.3. The third-order valence-electron chi connectivity index (χ3n) is 3.79. The number of imidazole rings is 1. The Labute approximate surface area is 162 Å². The fourth-order valence-electron chi connectivity index (χ4n) is 2.64. The minimum absolute atomic E-state index is 0.0962. The van der Waals surface area contributed by atoms with Crippen LogP contribution in [0.3, 0.4) is 0 Å². The summed E-state index contributed by atoms with van der Waals surface area (Å²) in [6.45, 7) is 1.96. The van der Waals surface area contributed by atoms with Crippen molar-refractivity contribution in [2.24, 2.45) is 0 Å². The molecule has 4 aromatic rings. The monoisotopic (exact) mass is 403 g/mol. The van der Waals surface area contributed by atoms with E-state index in [0.29, 0.717) is 9.90 Å². The molecule has 0 saturated carbocycles. The summed E-state index contributed by atoms with van der Waals surface area (Å²) in [6, 6.07) is 7.37. The first-order chi connectivity index (χ1) is 12.5. The van der Waals surface area contributed by atoms with Crippen LogP contribution in [0.5, 0.6) is 0 Å². The number of hydrogen-bond donors (Lipinski definition) is 2. The van der Waals surface area contributed by atoms with Gasteiger partial charge in [-0.3, -0.25) is 9.20 Å². The van der Waals surface area contributed by atoms with Gasteiger partial charge in [-0.15, -0.1) is 22.7 Å². The van der Waals surface area contributed by atoms with Crippen molar-refractivity contribution >= 4 is 56.0 Å². The van der Waals surface area contributed by atoms with Gasteiger partial charge in [-0.2, -0.15) is 0 Å². The third-order valence-corrected chi connectivity index (χ3v) is 5.77. The topological polar surface area (TPSA) is 71.3 Å². The Kier molecular flexibility index (Phi) is 4.39. The maximum absolute atomic E-state index is 11.7. The number of thiazole rings is 1. The van der Waals surface area contributed by atoms with Crippen LogP contribution in [0.1, 0.15) is 15.4 Å². The van der Waals surface area contributed by atoms with Crippen LogP contribution < -0.4 is 10.6 Å². The predicted octanol–water partition coefficient (Wildman–Crippen LogP) is 4.58. The number of thiophene rings is 1. The van der Waals surface area contributed by atoms with Crippen molar-refractivity contribution in [2.45, 2.75) is 6.92 Å². The second-order valence-corrected chi connectivity index (χ2v) is 7.91. The second-order valence-electron chi connectivity index (χ2n) is 5.53. The summed E-state index contributed by atoms with van der Waals surface area (Å²) in [5.74, 6) is -0.0962. The first-order valence-corrected chi connectivity index (χ1v) is 9.81. The predicted molar refractivity (Wildman–Crippen MR) is 107 cm³/mol. The van der Waals surface area contributed by atoms with Gasteiger partial charge in [0.2, 0.25) is 0 Å². The summed E-state index contributed by atoms with van der Waals surface area (Å²) in [5.41, 5.74) is 3.47. The molecule has 9 heteroatoms. The van der Waals surface area contributed by atoms with E-state index in [1.54, 1.807) is 13.1 Å². The van der Waals surface area contributed by atoms with Gasteiger partial charge in [0, 0.05) is 18.6 Å². The molecule has 26 heavy (non-hydrogen) atoms. The number of hydrogen-bond acceptors (Lipinski definition) is 6. The highest BCUT2D eigenvalue weighted by atomic mass is 35.5. The van der Waals surface area contributed by atoms with Crippen LogP contribution in [0.25, 0.3) is 17.0 Å². The zero-order valence-electron chi connectivity index (χ0n) is 13.9. The fourth-order valence-corrected chi connectivity index (χ4v) is 4.42. The van der Waals surface area contributed by atoms with Crippen LogP contribution in [-0.4, -0.2) is 27.3 Å². The number of amides is 1. The third kappa shape index (κ3) is 3.07.